The molecule has 0 radical (unpaired) electrons. The molecule has 2 N–H and O–H groups in total. The van der Waals surface area contributed by atoms with Crippen molar-refractivity contribution >= 4 is 23.7 Å². The number of nitrogens with one attached hydrogen (secondary N) is 2. The summed E-state index contributed by atoms with van der Waals surface area (Å²) in [5, 5.41) is 5.27. The van der Waals surface area contributed by atoms with Crippen molar-refractivity contribution in [2.45, 2.75) is 31.8 Å². The molecule has 0 spiro atoms. The van der Waals surface area contributed by atoms with E-state index in [2.05, 4.69) is 15.6 Å². The quantitative estimate of drug-likeness (QED) is 0.604. The number of hydrogen-bond donors (Lipinski definition) is 2. The molecule has 1 aromatic heterocycles. The number of amides is 1. The Morgan fingerprint density at radius 2 is 2.30 bits per heavy atom. The first kappa shape index (κ1) is 14.0. The van der Waals surface area contributed by atoms with Gasteiger partial charge in [-0.3, -0.25) is 4.79 Å². The van der Waals surface area contributed by atoms with Crippen molar-refractivity contribution < 1.29 is 19.1 Å². The number of nitrogens with zero attached hydrogens (tertiary/aromatic N) is 1. The van der Waals surface area contributed by atoms with Crippen molar-refractivity contribution in [2.24, 2.45) is 0 Å². The topological polar surface area (TPSA) is 97.4 Å². The van der Waals surface area contributed by atoms with Crippen LogP contribution in [0.1, 0.15) is 19.8 Å². The number of anilines is 1. The van der Waals surface area contributed by atoms with Crippen LogP contribution in [0.25, 0.3) is 0 Å². The summed E-state index contributed by atoms with van der Waals surface area (Å²) in [6.45, 7) is 1.57. The lowest BCUT2D eigenvalue weighted by Crippen LogP contribution is -2.39. The summed E-state index contributed by atoms with van der Waals surface area (Å²) in [5.74, 6) is -1.13. The summed E-state index contributed by atoms with van der Waals surface area (Å²) in [6, 6.07) is 3.77. The molecule has 1 saturated heterocycles. The van der Waals surface area contributed by atoms with E-state index >= 15 is 0 Å². The van der Waals surface area contributed by atoms with Crippen LogP contribution in [0, 0.1) is 0 Å². The summed E-state index contributed by atoms with van der Waals surface area (Å²) in [6.07, 6.45) is 2.21. The maximum Gasteiger partial charge on any atom is 0.336 e. The van der Waals surface area contributed by atoms with Gasteiger partial charge in [-0.1, -0.05) is 6.07 Å². The van der Waals surface area contributed by atoms with Gasteiger partial charge in [0.1, 0.15) is 17.9 Å². The second-order valence-electron chi connectivity index (χ2n) is 4.48. The Morgan fingerprint density at radius 1 is 1.50 bits per heavy atom. The van der Waals surface area contributed by atoms with Crippen molar-refractivity contribution in [3.05, 3.63) is 24.4 Å². The lowest BCUT2D eigenvalue weighted by molar-refractivity contribution is -0.161. The highest BCUT2D eigenvalue weighted by atomic mass is 16.6. The van der Waals surface area contributed by atoms with Gasteiger partial charge in [0.15, 0.2) is 0 Å². The predicted octanol–water partition coefficient (Wildman–Crippen LogP) is 0.230. The zero-order valence-electron chi connectivity index (χ0n) is 11.0. The molecule has 1 amide bonds. The average molecular weight is 277 g/mol. The molecular weight excluding hydrogens is 262 g/mol. The Hall–Kier alpha value is -2.44. The largest absolute Gasteiger partial charge is 0.390 e. The van der Waals surface area contributed by atoms with Crippen molar-refractivity contribution in [3.8, 4) is 0 Å². The number of hydrogen-bond acceptors (Lipinski definition) is 6. The van der Waals surface area contributed by atoms with Crippen molar-refractivity contribution in [1.29, 1.82) is 0 Å². The van der Waals surface area contributed by atoms with Gasteiger partial charge < -0.3 is 15.4 Å². The van der Waals surface area contributed by atoms with E-state index < -0.39 is 24.0 Å². The molecule has 2 rings (SSSR count). The Balaban J connectivity index is 1.85. The average Bonchev–Trinajstić information content (AvgIpc) is 2.86. The first-order valence-corrected chi connectivity index (χ1v) is 6.28. The number of carbonyl (C=O) groups is 3. The first-order valence-electron chi connectivity index (χ1n) is 6.28. The van der Waals surface area contributed by atoms with Crippen LogP contribution >= 0.6 is 0 Å². The maximum absolute atomic E-state index is 11.8. The SMILES string of the molecule is C[C@H](Nc1ccccn1)C(=O)OC(=O)[C@@H]1CCC(=O)N1. The predicted molar refractivity (Wildman–Crippen MR) is 69.6 cm³/mol. The van der Waals surface area contributed by atoms with Crippen LogP contribution < -0.4 is 10.6 Å². The van der Waals surface area contributed by atoms with E-state index in [1.165, 1.54) is 0 Å². The summed E-state index contributed by atoms with van der Waals surface area (Å²) in [7, 11) is 0. The fraction of sp³-hybridized carbons (Fsp3) is 0.385. The van der Waals surface area contributed by atoms with Crippen molar-refractivity contribution in [1.82, 2.24) is 10.3 Å². The Morgan fingerprint density at radius 3 is 2.90 bits per heavy atom. The van der Waals surface area contributed by atoms with E-state index in [1.807, 2.05) is 0 Å². The summed E-state index contributed by atoms with van der Waals surface area (Å²) in [5.41, 5.74) is 0. The molecule has 1 aliphatic rings. The van der Waals surface area contributed by atoms with Gasteiger partial charge in [0.2, 0.25) is 5.91 Å². The molecule has 0 unspecified atom stereocenters. The van der Waals surface area contributed by atoms with Crippen LogP contribution in [0.15, 0.2) is 24.4 Å². The molecule has 0 aromatic carbocycles. The molecule has 0 aliphatic carbocycles. The van der Waals surface area contributed by atoms with Gasteiger partial charge in [-0.05, 0) is 25.5 Å². The molecule has 2 atom stereocenters. The van der Waals surface area contributed by atoms with Crippen LogP contribution in [-0.4, -0.2) is 34.9 Å². The van der Waals surface area contributed by atoms with Crippen molar-refractivity contribution in [3.63, 3.8) is 0 Å². The van der Waals surface area contributed by atoms with E-state index in [9.17, 15) is 14.4 Å². The Kier molecular flexibility index (Phi) is 4.29. The molecular formula is C13H15N3O4. The lowest BCUT2D eigenvalue weighted by Gasteiger charge is -2.14. The zero-order chi connectivity index (χ0) is 14.5. The minimum atomic E-state index is -0.728. The molecule has 0 bridgehead atoms. The molecule has 20 heavy (non-hydrogen) atoms. The number of ether oxygens (including phenoxy) is 1. The monoisotopic (exact) mass is 277 g/mol. The molecule has 7 nitrogen and oxygen atoms in total. The van der Waals surface area contributed by atoms with Gasteiger partial charge in [-0.15, -0.1) is 0 Å². The second kappa shape index (κ2) is 6.14. The highest BCUT2D eigenvalue weighted by Gasteiger charge is 2.31. The zero-order valence-corrected chi connectivity index (χ0v) is 11.0. The smallest absolute Gasteiger partial charge is 0.336 e. The molecule has 0 saturated carbocycles. The number of pyridine rings is 1. The third-order valence-electron chi connectivity index (χ3n) is 2.86. The van der Waals surface area contributed by atoms with E-state index in [1.54, 1.807) is 31.3 Å². The van der Waals surface area contributed by atoms with Gasteiger partial charge in [0.25, 0.3) is 0 Å². The molecule has 1 fully saturated rings. The highest BCUT2D eigenvalue weighted by Crippen LogP contribution is 2.09. The van der Waals surface area contributed by atoms with Gasteiger partial charge in [-0.2, -0.15) is 0 Å². The molecule has 1 aromatic rings. The Bertz CT molecular complexity index is 518. The summed E-state index contributed by atoms with van der Waals surface area (Å²) < 4.78 is 4.73. The normalized spacial score (nSPS) is 19.1. The van der Waals surface area contributed by atoms with Crippen LogP contribution in [0.2, 0.25) is 0 Å². The van der Waals surface area contributed by atoms with Crippen LogP contribution in [0.5, 0.6) is 0 Å². The first-order chi connectivity index (χ1) is 9.56. The van der Waals surface area contributed by atoms with Crippen LogP contribution in [-0.2, 0) is 19.1 Å². The number of rotatable bonds is 4. The number of aromatic nitrogens is 1. The minimum absolute atomic E-state index is 0.209. The van der Waals surface area contributed by atoms with E-state index in [0.717, 1.165) is 0 Å². The molecule has 1 aliphatic heterocycles. The summed E-state index contributed by atoms with van der Waals surface area (Å²) >= 11 is 0. The van der Waals surface area contributed by atoms with Crippen molar-refractivity contribution in [2.75, 3.05) is 5.32 Å². The van der Waals surface area contributed by atoms with Gasteiger partial charge >= 0.3 is 11.9 Å². The highest BCUT2D eigenvalue weighted by molar-refractivity contribution is 5.95. The van der Waals surface area contributed by atoms with E-state index in [4.69, 9.17) is 4.74 Å². The van der Waals surface area contributed by atoms with E-state index in [0.29, 0.717) is 12.2 Å². The van der Waals surface area contributed by atoms with Gasteiger partial charge in [0, 0.05) is 12.6 Å². The number of carbonyl (C=O) groups excluding carboxylic acids is 3. The minimum Gasteiger partial charge on any atom is -0.390 e. The van der Waals surface area contributed by atoms with Gasteiger partial charge in [-0.25, -0.2) is 14.6 Å². The molecule has 2 heterocycles. The molecule has 106 valence electrons. The summed E-state index contributed by atoms with van der Waals surface area (Å²) in [4.78, 5) is 38.4. The third-order valence-corrected chi connectivity index (χ3v) is 2.86. The third kappa shape index (κ3) is 3.53. The van der Waals surface area contributed by atoms with Crippen LogP contribution in [0.4, 0.5) is 5.82 Å². The fourth-order valence-corrected chi connectivity index (χ4v) is 1.78. The number of esters is 2. The van der Waals surface area contributed by atoms with Crippen LogP contribution in [0.3, 0.4) is 0 Å². The maximum atomic E-state index is 11.8. The standard InChI is InChI=1S/C13H15N3O4/c1-8(15-10-4-2-3-7-14-10)12(18)20-13(19)9-5-6-11(17)16-9/h2-4,7-9H,5-6H2,1H3,(H,14,15)(H,16,17)/t8-,9-/m0/s1. The Labute approximate surface area is 115 Å². The van der Waals surface area contributed by atoms with Gasteiger partial charge in [0.05, 0.1) is 0 Å². The van der Waals surface area contributed by atoms with E-state index in [-0.39, 0.29) is 12.3 Å². The molecule has 7 heteroatoms. The second-order valence-corrected chi connectivity index (χ2v) is 4.48. The fourth-order valence-electron chi connectivity index (χ4n) is 1.78. The lowest BCUT2D eigenvalue weighted by atomic mass is 10.2.